The van der Waals surface area contributed by atoms with Crippen LogP contribution in [0.15, 0.2) is 42.5 Å². The van der Waals surface area contributed by atoms with E-state index in [1.807, 2.05) is 36.4 Å². The van der Waals surface area contributed by atoms with Gasteiger partial charge in [-0.25, -0.2) is 4.98 Å². The number of carbonyl (C=O) groups is 1. The van der Waals surface area contributed by atoms with Gasteiger partial charge >= 0.3 is 0 Å². The molecule has 1 aromatic heterocycles. The molecule has 166 valence electrons. The first-order valence-corrected chi connectivity index (χ1v) is 11.5. The van der Waals surface area contributed by atoms with E-state index in [9.17, 15) is 4.79 Å². The standard InChI is InChI=1S/C24H25N3O4S/c1-17-2-5-19-22(14-17)32-24(25-19)27(9-8-26-10-12-29-13-11-26)23(28)7-4-18-3-6-20-21(15-18)31-16-30-20/h2-7,14-15H,8-13,16H2,1H3/b7-4+. The molecule has 0 radical (unpaired) electrons. The Morgan fingerprint density at radius 1 is 1.16 bits per heavy atom. The minimum Gasteiger partial charge on any atom is -0.454 e. The van der Waals surface area contributed by atoms with E-state index in [4.69, 9.17) is 19.2 Å². The van der Waals surface area contributed by atoms with Gasteiger partial charge in [-0.3, -0.25) is 14.6 Å². The summed E-state index contributed by atoms with van der Waals surface area (Å²) in [6.45, 7) is 6.88. The maximum atomic E-state index is 13.3. The third-order valence-electron chi connectivity index (χ3n) is 5.59. The lowest BCUT2D eigenvalue weighted by Crippen LogP contribution is -2.42. The molecule has 1 saturated heterocycles. The molecule has 7 nitrogen and oxygen atoms in total. The highest BCUT2D eigenvalue weighted by molar-refractivity contribution is 7.22. The van der Waals surface area contributed by atoms with E-state index in [1.54, 1.807) is 22.3 Å². The number of ether oxygens (including phenoxy) is 3. The Hall–Kier alpha value is -2.94. The van der Waals surface area contributed by atoms with Crippen LogP contribution in [0.1, 0.15) is 11.1 Å². The van der Waals surface area contributed by atoms with Gasteiger partial charge < -0.3 is 14.2 Å². The summed E-state index contributed by atoms with van der Waals surface area (Å²) in [5, 5.41) is 0.721. The summed E-state index contributed by atoms with van der Waals surface area (Å²) in [5.41, 5.74) is 2.98. The summed E-state index contributed by atoms with van der Waals surface area (Å²) in [6, 6.07) is 11.8. The maximum absolute atomic E-state index is 13.3. The Labute approximate surface area is 190 Å². The smallest absolute Gasteiger partial charge is 0.252 e. The van der Waals surface area contributed by atoms with Crippen LogP contribution in [0.5, 0.6) is 11.5 Å². The Morgan fingerprint density at radius 2 is 2.00 bits per heavy atom. The first kappa shape index (κ1) is 20.9. The Balaban J connectivity index is 1.37. The van der Waals surface area contributed by atoms with Gasteiger partial charge in [-0.15, -0.1) is 0 Å². The highest BCUT2D eigenvalue weighted by Crippen LogP contribution is 2.33. The molecule has 5 rings (SSSR count). The van der Waals surface area contributed by atoms with Crippen LogP contribution in [-0.2, 0) is 9.53 Å². The maximum Gasteiger partial charge on any atom is 0.252 e. The van der Waals surface area contributed by atoms with Crippen LogP contribution in [-0.4, -0.2) is 62.0 Å². The second kappa shape index (κ2) is 9.28. The number of hydrogen-bond acceptors (Lipinski definition) is 7. The molecule has 1 amide bonds. The number of carbonyl (C=O) groups excluding carboxylic acids is 1. The van der Waals surface area contributed by atoms with Gasteiger partial charge in [-0.1, -0.05) is 23.5 Å². The van der Waals surface area contributed by atoms with Crippen molar-refractivity contribution in [3.8, 4) is 11.5 Å². The molecule has 0 bridgehead atoms. The average Bonchev–Trinajstić information content (AvgIpc) is 3.44. The summed E-state index contributed by atoms with van der Waals surface area (Å²) in [4.78, 5) is 22.1. The Bertz CT molecular complexity index is 1150. The highest BCUT2D eigenvalue weighted by Gasteiger charge is 2.20. The number of nitrogens with zero attached hydrogens (tertiary/aromatic N) is 3. The van der Waals surface area contributed by atoms with E-state index in [0.29, 0.717) is 12.3 Å². The number of rotatable bonds is 6. The molecule has 2 aliphatic heterocycles. The topological polar surface area (TPSA) is 64.1 Å². The molecular formula is C24H25N3O4S. The summed E-state index contributed by atoms with van der Waals surface area (Å²) < 4.78 is 17.3. The number of amides is 1. The Kier molecular flexibility index (Phi) is 6.07. The van der Waals surface area contributed by atoms with Crippen LogP contribution >= 0.6 is 11.3 Å². The van der Waals surface area contributed by atoms with E-state index in [0.717, 1.165) is 59.5 Å². The van der Waals surface area contributed by atoms with Gasteiger partial charge in [0.2, 0.25) is 6.79 Å². The van der Waals surface area contributed by atoms with E-state index in [1.165, 1.54) is 5.56 Å². The molecule has 0 N–H and O–H groups in total. The van der Waals surface area contributed by atoms with Crippen molar-refractivity contribution in [2.24, 2.45) is 0 Å². The summed E-state index contributed by atoms with van der Waals surface area (Å²) in [6.07, 6.45) is 3.41. The molecule has 0 unspecified atom stereocenters. The van der Waals surface area contributed by atoms with Crippen molar-refractivity contribution in [1.82, 2.24) is 9.88 Å². The van der Waals surface area contributed by atoms with Gasteiger partial charge in [-0.2, -0.15) is 0 Å². The number of benzene rings is 2. The lowest BCUT2D eigenvalue weighted by molar-refractivity contribution is -0.114. The molecular weight excluding hydrogens is 426 g/mol. The minimum absolute atomic E-state index is 0.0910. The summed E-state index contributed by atoms with van der Waals surface area (Å²) in [7, 11) is 0. The predicted octanol–water partition coefficient (Wildman–Crippen LogP) is 3.71. The van der Waals surface area contributed by atoms with Crippen molar-refractivity contribution in [1.29, 1.82) is 0 Å². The van der Waals surface area contributed by atoms with Crippen molar-refractivity contribution >= 4 is 38.7 Å². The third kappa shape index (κ3) is 4.62. The van der Waals surface area contributed by atoms with E-state index in [2.05, 4.69) is 17.9 Å². The second-order valence-electron chi connectivity index (χ2n) is 7.86. The van der Waals surface area contributed by atoms with Crippen LogP contribution < -0.4 is 14.4 Å². The number of fused-ring (bicyclic) bond motifs is 2. The largest absolute Gasteiger partial charge is 0.454 e. The minimum atomic E-state index is -0.0910. The number of hydrogen-bond donors (Lipinski definition) is 0. The lowest BCUT2D eigenvalue weighted by atomic mass is 10.2. The molecule has 3 heterocycles. The van der Waals surface area contributed by atoms with Crippen LogP contribution in [0.2, 0.25) is 0 Å². The fourth-order valence-electron chi connectivity index (χ4n) is 3.78. The molecule has 1 fully saturated rings. The van der Waals surface area contributed by atoms with Gasteiger partial charge in [0.15, 0.2) is 16.6 Å². The number of thiazole rings is 1. The summed E-state index contributed by atoms with van der Waals surface area (Å²) >= 11 is 1.55. The Morgan fingerprint density at radius 3 is 2.88 bits per heavy atom. The van der Waals surface area contributed by atoms with Crippen molar-refractivity contribution in [2.75, 3.05) is 51.1 Å². The molecule has 32 heavy (non-hydrogen) atoms. The molecule has 2 aliphatic rings. The van der Waals surface area contributed by atoms with Crippen molar-refractivity contribution < 1.29 is 19.0 Å². The molecule has 0 spiro atoms. The zero-order chi connectivity index (χ0) is 21.9. The van der Waals surface area contributed by atoms with Gasteiger partial charge in [-0.05, 0) is 48.4 Å². The van der Waals surface area contributed by atoms with Crippen LogP contribution in [0.4, 0.5) is 5.13 Å². The molecule has 2 aromatic carbocycles. The van der Waals surface area contributed by atoms with Gasteiger partial charge in [0.1, 0.15) is 0 Å². The fourth-order valence-corrected chi connectivity index (χ4v) is 4.87. The van der Waals surface area contributed by atoms with Gasteiger partial charge in [0.05, 0.1) is 23.4 Å². The number of morpholine rings is 1. The van der Waals surface area contributed by atoms with Gasteiger partial charge in [0.25, 0.3) is 5.91 Å². The molecule has 3 aromatic rings. The lowest BCUT2D eigenvalue weighted by Gasteiger charge is -2.28. The highest BCUT2D eigenvalue weighted by atomic mass is 32.1. The number of anilines is 1. The fraction of sp³-hybridized carbons (Fsp3) is 0.333. The molecule has 0 saturated carbocycles. The third-order valence-corrected chi connectivity index (χ3v) is 6.63. The van der Waals surface area contributed by atoms with E-state index < -0.39 is 0 Å². The van der Waals surface area contributed by atoms with Crippen molar-refractivity contribution in [3.63, 3.8) is 0 Å². The zero-order valence-corrected chi connectivity index (χ0v) is 18.8. The van der Waals surface area contributed by atoms with Gasteiger partial charge in [0, 0.05) is 32.3 Å². The average molecular weight is 452 g/mol. The van der Waals surface area contributed by atoms with E-state index in [-0.39, 0.29) is 12.7 Å². The SMILES string of the molecule is Cc1ccc2nc(N(CCN3CCOCC3)C(=O)/C=C/c3ccc4c(c3)OCO4)sc2c1. The quantitative estimate of drug-likeness (QED) is 0.533. The second-order valence-corrected chi connectivity index (χ2v) is 8.87. The van der Waals surface area contributed by atoms with E-state index >= 15 is 0 Å². The van der Waals surface area contributed by atoms with Crippen molar-refractivity contribution in [3.05, 3.63) is 53.6 Å². The number of aromatic nitrogens is 1. The van der Waals surface area contributed by atoms with Crippen LogP contribution in [0.25, 0.3) is 16.3 Å². The molecule has 8 heteroatoms. The first-order valence-electron chi connectivity index (χ1n) is 10.7. The van der Waals surface area contributed by atoms with Crippen LogP contribution in [0, 0.1) is 6.92 Å². The summed E-state index contributed by atoms with van der Waals surface area (Å²) in [5.74, 6) is 1.34. The first-order chi connectivity index (χ1) is 15.7. The molecule has 0 aliphatic carbocycles. The van der Waals surface area contributed by atoms with Crippen molar-refractivity contribution in [2.45, 2.75) is 6.92 Å². The van der Waals surface area contributed by atoms with Crippen LogP contribution in [0.3, 0.4) is 0 Å². The zero-order valence-electron chi connectivity index (χ0n) is 18.0. The number of aryl methyl sites for hydroxylation is 1. The normalized spacial score (nSPS) is 16.2. The monoisotopic (exact) mass is 451 g/mol. The molecule has 0 atom stereocenters. The predicted molar refractivity (Wildman–Crippen MR) is 126 cm³/mol.